The minimum atomic E-state index is -0.398. The van der Waals surface area contributed by atoms with Crippen molar-refractivity contribution in [3.05, 3.63) is 24.3 Å². The normalized spacial score (nSPS) is 14.3. The molecule has 1 amide bonds. The van der Waals surface area contributed by atoms with E-state index in [-0.39, 0.29) is 12.4 Å². The summed E-state index contributed by atoms with van der Waals surface area (Å²) in [6.45, 7) is 6.43. The fourth-order valence-corrected chi connectivity index (χ4v) is 2.96. The maximum absolute atomic E-state index is 11.8. The topological polar surface area (TPSA) is 50.8 Å². The van der Waals surface area contributed by atoms with E-state index in [1.54, 1.807) is 0 Å². The Morgan fingerprint density at radius 2 is 1.77 bits per heavy atom. The maximum Gasteiger partial charge on any atom is 0.411 e. The third kappa shape index (κ3) is 9.30. The number of hydrogen-bond acceptors (Lipinski definition) is 4. The molecule has 1 aliphatic heterocycles. The van der Waals surface area contributed by atoms with Gasteiger partial charge in [-0.1, -0.05) is 32.6 Å². The molecule has 0 spiro atoms. The molecule has 26 heavy (non-hydrogen) atoms. The van der Waals surface area contributed by atoms with Gasteiger partial charge >= 0.3 is 6.09 Å². The second-order valence-corrected chi connectivity index (χ2v) is 6.60. The van der Waals surface area contributed by atoms with Gasteiger partial charge in [0, 0.05) is 12.2 Å². The number of halogens is 1. The third-order valence-corrected chi connectivity index (χ3v) is 4.46. The van der Waals surface area contributed by atoms with E-state index in [1.807, 2.05) is 24.3 Å². The second kappa shape index (κ2) is 13.7. The van der Waals surface area contributed by atoms with E-state index < -0.39 is 6.09 Å². The number of nitrogens with one attached hydrogen (secondary N) is 1. The molecule has 0 radical (unpaired) electrons. The molecule has 1 aromatic carbocycles. The van der Waals surface area contributed by atoms with Gasteiger partial charge in [0.25, 0.3) is 0 Å². The Morgan fingerprint density at radius 3 is 2.46 bits per heavy atom. The van der Waals surface area contributed by atoms with Crippen molar-refractivity contribution in [3.63, 3.8) is 0 Å². The molecule has 1 heterocycles. The summed E-state index contributed by atoms with van der Waals surface area (Å²) in [6.07, 6.45) is 8.19. The Balaban J connectivity index is 0.00000338. The zero-order chi connectivity index (χ0) is 17.7. The van der Waals surface area contributed by atoms with Crippen LogP contribution in [0.1, 0.15) is 51.9 Å². The van der Waals surface area contributed by atoms with Gasteiger partial charge in [0.05, 0.1) is 6.61 Å². The Labute approximate surface area is 163 Å². The summed E-state index contributed by atoms with van der Waals surface area (Å²) in [7, 11) is 0. The fraction of sp³-hybridized carbons (Fsp3) is 0.650. The number of ether oxygens (including phenoxy) is 2. The molecule has 1 N–H and O–H groups in total. The van der Waals surface area contributed by atoms with E-state index >= 15 is 0 Å². The molecule has 1 fully saturated rings. The average molecular weight is 385 g/mol. The summed E-state index contributed by atoms with van der Waals surface area (Å²) in [4.78, 5) is 14.2. The number of unbranched alkanes of at least 4 members (excludes halogenated alkanes) is 3. The van der Waals surface area contributed by atoms with Crippen LogP contribution in [0.5, 0.6) is 5.75 Å². The van der Waals surface area contributed by atoms with Crippen molar-refractivity contribution in [2.45, 2.75) is 51.9 Å². The monoisotopic (exact) mass is 384 g/mol. The zero-order valence-electron chi connectivity index (χ0n) is 15.9. The van der Waals surface area contributed by atoms with E-state index in [0.29, 0.717) is 6.61 Å². The summed E-state index contributed by atoms with van der Waals surface area (Å²) < 4.78 is 11.0. The van der Waals surface area contributed by atoms with E-state index in [1.165, 1.54) is 38.5 Å². The smallest absolute Gasteiger partial charge is 0.411 e. The first-order valence-electron chi connectivity index (χ1n) is 9.67. The first kappa shape index (κ1) is 22.6. The van der Waals surface area contributed by atoms with Gasteiger partial charge < -0.3 is 9.47 Å². The van der Waals surface area contributed by atoms with Crippen LogP contribution in [0.4, 0.5) is 10.5 Å². The van der Waals surface area contributed by atoms with Crippen LogP contribution in [-0.2, 0) is 4.74 Å². The van der Waals surface area contributed by atoms with Crippen LogP contribution >= 0.6 is 12.4 Å². The molecule has 6 heteroatoms. The Morgan fingerprint density at radius 1 is 1.04 bits per heavy atom. The molecule has 0 atom stereocenters. The predicted molar refractivity (Wildman–Crippen MR) is 109 cm³/mol. The number of likely N-dealkylation sites (tertiary alicyclic amines) is 1. The van der Waals surface area contributed by atoms with E-state index in [4.69, 9.17) is 9.47 Å². The van der Waals surface area contributed by atoms with Crippen LogP contribution in [0.2, 0.25) is 0 Å². The molecule has 0 bridgehead atoms. The van der Waals surface area contributed by atoms with Crippen molar-refractivity contribution in [2.24, 2.45) is 0 Å². The second-order valence-electron chi connectivity index (χ2n) is 6.60. The lowest BCUT2D eigenvalue weighted by atomic mass is 10.1. The fourth-order valence-electron chi connectivity index (χ4n) is 2.96. The predicted octanol–water partition coefficient (Wildman–Crippen LogP) is 5.10. The Hall–Kier alpha value is -1.46. The minimum Gasteiger partial charge on any atom is -0.494 e. The number of rotatable bonds is 10. The lowest BCUT2D eigenvalue weighted by Gasteiger charge is -2.25. The molecule has 148 valence electrons. The van der Waals surface area contributed by atoms with Crippen molar-refractivity contribution in [3.8, 4) is 5.75 Å². The SMILES string of the molecule is CCCCCCOc1ccc(NC(=O)OCCN2CCCCC2)cc1.Cl. The molecular formula is C20H33ClN2O3. The van der Waals surface area contributed by atoms with Crippen molar-refractivity contribution >= 4 is 24.2 Å². The molecular weight excluding hydrogens is 352 g/mol. The van der Waals surface area contributed by atoms with Gasteiger partial charge in [-0.2, -0.15) is 0 Å². The molecule has 0 saturated carbocycles. The van der Waals surface area contributed by atoms with Crippen LogP contribution in [0, 0.1) is 0 Å². The van der Waals surface area contributed by atoms with E-state index in [9.17, 15) is 4.79 Å². The van der Waals surface area contributed by atoms with Gasteiger partial charge in [-0.3, -0.25) is 10.2 Å². The van der Waals surface area contributed by atoms with Gasteiger partial charge in [-0.25, -0.2) is 4.79 Å². The van der Waals surface area contributed by atoms with Gasteiger partial charge in [-0.15, -0.1) is 12.4 Å². The first-order chi connectivity index (χ1) is 12.3. The highest BCUT2D eigenvalue weighted by atomic mass is 35.5. The summed E-state index contributed by atoms with van der Waals surface area (Å²) in [6, 6.07) is 7.44. The summed E-state index contributed by atoms with van der Waals surface area (Å²) in [5.74, 6) is 0.834. The molecule has 0 aliphatic carbocycles. The summed E-state index contributed by atoms with van der Waals surface area (Å²) >= 11 is 0. The van der Waals surface area contributed by atoms with Crippen LogP contribution in [0.3, 0.4) is 0 Å². The van der Waals surface area contributed by atoms with Crippen molar-refractivity contribution < 1.29 is 14.3 Å². The van der Waals surface area contributed by atoms with Crippen molar-refractivity contribution in [1.29, 1.82) is 0 Å². The number of carbonyl (C=O) groups is 1. The first-order valence-corrected chi connectivity index (χ1v) is 9.67. The van der Waals surface area contributed by atoms with Gasteiger partial charge in [0.15, 0.2) is 0 Å². The Bertz CT molecular complexity index is 490. The summed E-state index contributed by atoms with van der Waals surface area (Å²) in [5, 5.41) is 2.76. The van der Waals surface area contributed by atoms with Crippen LogP contribution in [0.15, 0.2) is 24.3 Å². The van der Waals surface area contributed by atoms with Crippen molar-refractivity contribution in [2.75, 3.05) is 38.2 Å². The average Bonchev–Trinajstić information content (AvgIpc) is 2.64. The van der Waals surface area contributed by atoms with Crippen LogP contribution in [0.25, 0.3) is 0 Å². The highest BCUT2D eigenvalue weighted by Gasteiger charge is 2.10. The van der Waals surface area contributed by atoms with Gasteiger partial charge in [-0.05, 0) is 56.6 Å². The molecule has 5 nitrogen and oxygen atoms in total. The maximum atomic E-state index is 11.8. The standard InChI is InChI=1S/C20H32N2O3.ClH/c1-2-3-4-8-16-24-19-11-9-18(10-12-19)21-20(23)25-17-15-22-13-6-5-7-14-22;/h9-12H,2-8,13-17H2,1H3,(H,21,23);1H. The lowest BCUT2D eigenvalue weighted by molar-refractivity contribution is 0.131. The molecule has 1 aliphatic rings. The molecule has 1 saturated heterocycles. The molecule has 0 aromatic heterocycles. The number of hydrogen-bond donors (Lipinski definition) is 1. The number of benzene rings is 1. The van der Waals surface area contributed by atoms with Crippen LogP contribution < -0.4 is 10.1 Å². The molecule has 2 rings (SSSR count). The highest BCUT2D eigenvalue weighted by molar-refractivity contribution is 5.85. The number of nitrogens with zero attached hydrogens (tertiary/aromatic N) is 1. The number of anilines is 1. The van der Waals surface area contributed by atoms with E-state index in [0.717, 1.165) is 44.1 Å². The zero-order valence-corrected chi connectivity index (χ0v) is 16.7. The molecule has 0 unspecified atom stereocenters. The Kier molecular flexibility index (Phi) is 11.9. The highest BCUT2D eigenvalue weighted by Crippen LogP contribution is 2.16. The number of amides is 1. The van der Waals surface area contributed by atoms with Gasteiger partial charge in [0.1, 0.15) is 12.4 Å². The van der Waals surface area contributed by atoms with Crippen LogP contribution in [-0.4, -0.2) is 43.8 Å². The van der Waals surface area contributed by atoms with E-state index in [2.05, 4.69) is 17.1 Å². The van der Waals surface area contributed by atoms with Gasteiger partial charge in [0.2, 0.25) is 0 Å². The summed E-state index contributed by atoms with van der Waals surface area (Å²) in [5.41, 5.74) is 0.723. The third-order valence-electron chi connectivity index (χ3n) is 4.46. The molecule has 1 aromatic rings. The largest absolute Gasteiger partial charge is 0.494 e. The lowest BCUT2D eigenvalue weighted by Crippen LogP contribution is -2.33. The number of carbonyl (C=O) groups excluding carboxylic acids is 1. The number of piperidine rings is 1. The van der Waals surface area contributed by atoms with Crippen molar-refractivity contribution in [1.82, 2.24) is 4.90 Å². The minimum absolute atomic E-state index is 0. The quantitative estimate of drug-likeness (QED) is 0.570.